The van der Waals surface area contributed by atoms with Crippen molar-refractivity contribution < 1.29 is 4.79 Å². The van der Waals surface area contributed by atoms with E-state index in [1.807, 2.05) is 32.6 Å². The van der Waals surface area contributed by atoms with Crippen molar-refractivity contribution >= 4 is 33.4 Å². The number of hydrogen-bond acceptors (Lipinski definition) is 6. The third-order valence-electron chi connectivity index (χ3n) is 4.36. The van der Waals surface area contributed by atoms with Crippen LogP contribution in [0.2, 0.25) is 0 Å². The molecule has 0 aromatic carbocycles. The highest BCUT2D eigenvalue weighted by atomic mass is 33.1. The second kappa shape index (κ2) is 8.78. The summed E-state index contributed by atoms with van der Waals surface area (Å²) in [7, 11) is 4.03. The van der Waals surface area contributed by atoms with Gasteiger partial charge in [0.05, 0.1) is 0 Å². The van der Waals surface area contributed by atoms with E-state index in [4.69, 9.17) is 0 Å². The first-order valence-corrected chi connectivity index (χ1v) is 10.8. The van der Waals surface area contributed by atoms with E-state index in [1.165, 1.54) is 25.0 Å². The Bertz CT molecular complexity index is 488. The van der Waals surface area contributed by atoms with Crippen molar-refractivity contribution in [3.05, 3.63) is 18.5 Å². The SMILES string of the molecule is O=C(CCCCC1CCSS1)N1CCN(c2ncccn2)CC1. The van der Waals surface area contributed by atoms with Gasteiger partial charge >= 0.3 is 0 Å². The summed E-state index contributed by atoms with van der Waals surface area (Å²) in [5.74, 6) is 2.38. The highest BCUT2D eigenvalue weighted by molar-refractivity contribution is 8.77. The number of rotatable bonds is 6. The first kappa shape index (κ1) is 16.9. The number of carbonyl (C=O) groups excluding carboxylic acids is 1. The topological polar surface area (TPSA) is 49.3 Å². The van der Waals surface area contributed by atoms with Gasteiger partial charge < -0.3 is 9.80 Å². The van der Waals surface area contributed by atoms with Crippen molar-refractivity contribution in [2.24, 2.45) is 0 Å². The third kappa shape index (κ3) is 5.01. The summed E-state index contributed by atoms with van der Waals surface area (Å²) in [4.78, 5) is 25.0. The molecule has 1 amide bonds. The summed E-state index contributed by atoms with van der Waals surface area (Å²) in [6.07, 6.45) is 9.05. The Morgan fingerprint density at radius 2 is 1.96 bits per heavy atom. The number of unbranched alkanes of at least 4 members (excludes halogenated alkanes) is 1. The molecule has 0 bridgehead atoms. The average Bonchev–Trinajstić information content (AvgIpc) is 3.13. The molecule has 2 aliphatic rings. The normalized spacial score (nSPS) is 21.7. The lowest BCUT2D eigenvalue weighted by Gasteiger charge is -2.34. The van der Waals surface area contributed by atoms with Crippen LogP contribution in [0.5, 0.6) is 0 Å². The molecule has 5 nitrogen and oxygen atoms in total. The van der Waals surface area contributed by atoms with E-state index in [0.717, 1.165) is 43.8 Å². The van der Waals surface area contributed by atoms with E-state index in [0.29, 0.717) is 12.3 Å². The van der Waals surface area contributed by atoms with Gasteiger partial charge in [0.1, 0.15) is 0 Å². The van der Waals surface area contributed by atoms with Crippen LogP contribution in [-0.4, -0.2) is 58.0 Å². The van der Waals surface area contributed by atoms with Gasteiger partial charge in [-0.05, 0) is 25.3 Å². The molecule has 0 saturated carbocycles. The van der Waals surface area contributed by atoms with Crippen LogP contribution in [0.15, 0.2) is 18.5 Å². The molecule has 0 N–H and O–H groups in total. The zero-order chi connectivity index (χ0) is 15.9. The van der Waals surface area contributed by atoms with Crippen molar-refractivity contribution in [3.63, 3.8) is 0 Å². The van der Waals surface area contributed by atoms with Crippen molar-refractivity contribution in [2.45, 2.75) is 37.4 Å². The number of hydrogen-bond donors (Lipinski definition) is 0. The van der Waals surface area contributed by atoms with Crippen LogP contribution in [-0.2, 0) is 4.79 Å². The molecule has 3 rings (SSSR count). The van der Waals surface area contributed by atoms with E-state index in [9.17, 15) is 4.79 Å². The van der Waals surface area contributed by atoms with Crippen LogP contribution in [0, 0.1) is 0 Å². The van der Waals surface area contributed by atoms with Crippen molar-refractivity contribution in [3.8, 4) is 0 Å². The fraction of sp³-hybridized carbons (Fsp3) is 0.688. The number of piperazine rings is 1. The summed E-state index contributed by atoms with van der Waals surface area (Å²) in [6.45, 7) is 3.22. The number of aromatic nitrogens is 2. The van der Waals surface area contributed by atoms with Gasteiger partial charge in [-0.2, -0.15) is 0 Å². The maximum atomic E-state index is 12.3. The quantitative estimate of drug-likeness (QED) is 0.580. The van der Waals surface area contributed by atoms with Gasteiger partial charge in [0.15, 0.2) is 0 Å². The molecule has 0 radical (unpaired) electrons. The second-order valence-corrected chi connectivity index (χ2v) is 8.78. The van der Waals surface area contributed by atoms with Crippen LogP contribution in [0.3, 0.4) is 0 Å². The minimum atomic E-state index is 0.312. The van der Waals surface area contributed by atoms with Gasteiger partial charge in [0, 0.05) is 56.0 Å². The molecule has 2 aliphatic heterocycles. The minimum Gasteiger partial charge on any atom is -0.339 e. The van der Waals surface area contributed by atoms with E-state index in [2.05, 4.69) is 14.9 Å². The van der Waals surface area contributed by atoms with E-state index in [1.54, 1.807) is 12.4 Å². The third-order valence-corrected chi connectivity index (χ3v) is 7.37. The zero-order valence-electron chi connectivity index (χ0n) is 13.4. The summed E-state index contributed by atoms with van der Waals surface area (Å²) in [5.41, 5.74) is 0. The molecule has 3 heterocycles. The van der Waals surface area contributed by atoms with Crippen LogP contribution < -0.4 is 4.90 Å². The largest absolute Gasteiger partial charge is 0.339 e. The van der Waals surface area contributed by atoms with E-state index < -0.39 is 0 Å². The zero-order valence-corrected chi connectivity index (χ0v) is 15.0. The van der Waals surface area contributed by atoms with Crippen molar-refractivity contribution in [2.75, 3.05) is 36.8 Å². The Hall–Kier alpha value is -0.950. The van der Waals surface area contributed by atoms with Crippen LogP contribution in [0.1, 0.15) is 32.1 Å². The smallest absolute Gasteiger partial charge is 0.225 e. The first-order valence-electron chi connectivity index (χ1n) is 8.41. The molecule has 1 atom stereocenters. The molecule has 1 aromatic rings. The van der Waals surface area contributed by atoms with E-state index in [-0.39, 0.29) is 0 Å². The van der Waals surface area contributed by atoms with Crippen molar-refractivity contribution in [1.82, 2.24) is 14.9 Å². The van der Waals surface area contributed by atoms with E-state index >= 15 is 0 Å². The standard InChI is InChI=1S/C16H24N4OS2/c21-15(5-2-1-4-14-6-13-22-23-14)19-9-11-20(12-10-19)16-17-7-3-8-18-16/h3,7-8,14H,1-2,4-6,9-13H2. The van der Waals surface area contributed by atoms with Gasteiger partial charge in [0.2, 0.25) is 11.9 Å². The fourth-order valence-corrected chi connectivity index (χ4v) is 6.01. The number of anilines is 1. The molecule has 0 aliphatic carbocycles. The number of carbonyl (C=O) groups is 1. The Morgan fingerprint density at radius 1 is 1.17 bits per heavy atom. The van der Waals surface area contributed by atoms with Crippen LogP contribution >= 0.6 is 21.6 Å². The lowest BCUT2D eigenvalue weighted by Crippen LogP contribution is -2.49. The maximum absolute atomic E-state index is 12.3. The Morgan fingerprint density at radius 3 is 2.65 bits per heavy atom. The second-order valence-electron chi connectivity index (χ2n) is 5.99. The highest BCUT2D eigenvalue weighted by Crippen LogP contribution is 2.39. The summed E-state index contributed by atoms with van der Waals surface area (Å²) < 4.78 is 0. The van der Waals surface area contributed by atoms with Gasteiger partial charge in [-0.1, -0.05) is 28.0 Å². The maximum Gasteiger partial charge on any atom is 0.225 e. The predicted molar refractivity (Wildman–Crippen MR) is 97.7 cm³/mol. The molecule has 1 unspecified atom stereocenters. The highest BCUT2D eigenvalue weighted by Gasteiger charge is 2.22. The molecule has 23 heavy (non-hydrogen) atoms. The molecule has 2 fully saturated rings. The predicted octanol–water partition coefficient (Wildman–Crippen LogP) is 2.84. The van der Waals surface area contributed by atoms with Crippen LogP contribution in [0.25, 0.3) is 0 Å². The lowest BCUT2D eigenvalue weighted by molar-refractivity contribution is -0.131. The minimum absolute atomic E-state index is 0.312. The van der Waals surface area contributed by atoms with Gasteiger partial charge in [-0.15, -0.1) is 0 Å². The monoisotopic (exact) mass is 352 g/mol. The van der Waals surface area contributed by atoms with Crippen molar-refractivity contribution in [1.29, 1.82) is 0 Å². The summed E-state index contributed by atoms with van der Waals surface area (Å²) in [5, 5.41) is 0.824. The molecule has 7 heteroatoms. The Balaban J connectivity index is 1.33. The summed E-state index contributed by atoms with van der Waals surface area (Å²) in [6, 6.07) is 1.83. The van der Waals surface area contributed by atoms with Crippen LogP contribution in [0.4, 0.5) is 5.95 Å². The fourth-order valence-electron chi connectivity index (χ4n) is 2.98. The van der Waals surface area contributed by atoms with Gasteiger partial charge in [-0.25, -0.2) is 9.97 Å². The molecule has 1 aromatic heterocycles. The van der Waals surface area contributed by atoms with Gasteiger partial charge in [-0.3, -0.25) is 4.79 Å². The Kier molecular flexibility index (Phi) is 6.45. The lowest BCUT2D eigenvalue weighted by atomic mass is 10.1. The summed E-state index contributed by atoms with van der Waals surface area (Å²) >= 11 is 0. The molecular weight excluding hydrogens is 328 g/mol. The molecule has 0 spiro atoms. The first-order chi connectivity index (χ1) is 11.3. The number of nitrogens with zero attached hydrogens (tertiary/aromatic N) is 4. The molecular formula is C16H24N4OS2. The Labute approximate surface area is 146 Å². The molecule has 126 valence electrons. The number of amides is 1. The van der Waals surface area contributed by atoms with Gasteiger partial charge in [0.25, 0.3) is 0 Å². The molecule has 2 saturated heterocycles. The average molecular weight is 353 g/mol.